The Morgan fingerprint density at radius 3 is 2.62 bits per heavy atom. The molecule has 0 saturated heterocycles. The van der Waals surface area contributed by atoms with Crippen LogP contribution in [0.2, 0.25) is 0 Å². The van der Waals surface area contributed by atoms with Gasteiger partial charge in [-0.1, -0.05) is 54.1 Å². The van der Waals surface area contributed by atoms with Gasteiger partial charge in [0.1, 0.15) is 5.01 Å². The average molecular weight is 362 g/mol. The van der Waals surface area contributed by atoms with Crippen molar-refractivity contribution in [1.29, 1.82) is 0 Å². The summed E-state index contributed by atoms with van der Waals surface area (Å²) < 4.78 is 6.61. The fourth-order valence-corrected chi connectivity index (χ4v) is 3.27. The van der Waals surface area contributed by atoms with Crippen molar-refractivity contribution in [1.82, 2.24) is 10.3 Å². The first-order valence-electron chi connectivity index (χ1n) is 8.10. The minimum absolute atomic E-state index is 0.379. The molecule has 6 heteroatoms. The molecule has 0 aliphatic heterocycles. The summed E-state index contributed by atoms with van der Waals surface area (Å²) in [4.78, 5) is 16.8. The molecule has 0 amide bonds. The third-order valence-corrected chi connectivity index (χ3v) is 4.73. The topological polar surface area (TPSA) is 62.8 Å². The van der Waals surface area contributed by atoms with Crippen LogP contribution in [0.3, 0.4) is 0 Å². The van der Waals surface area contributed by atoms with Crippen LogP contribution in [0, 0.1) is 6.92 Å². The van der Waals surface area contributed by atoms with E-state index in [2.05, 4.69) is 10.3 Å². The van der Waals surface area contributed by atoms with Crippen molar-refractivity contribution >= 4 is 23.5 Å². The number of hydrogen-bond acceptors (Lipinski definition) is 4. The number of nitrogens with one attached hydrogen (secondary N) is 1. The van der Waals surface area contributed by atoms with E-state index in [0.29, 0.717) is 11.4 Å². The smallest absolute Gasteiger partial charge is 0.282 e. The largest absolute Gasteiger partial charge is 0.437 e. The van der Waals surface area contributed by atoms with E-state index in [0.717, 1.165) is 21.8 Å². The molecule has 0 aliphatic carbocycles. The Labute approximate surface area is 153 Å². The number of nitrogens with zero attached hydrogens (tertiary/aromatic N) is 2. The SMILES string of the molecule is Cc1ccc(-[n+]2[nH]oc(=O)c2-c2csc(/C=C/c3ccccc3)n2)cc1. The van der Waals surface area contributed by atoms with Gasteiger partial charge in [0, 0.05) is 17.5 Å². The zero-order valence-corrected chi connectivity index (χ0v) is 14.9. The molecule has 2 heterocycles. The van der Waals surface area contributed by atoms with Crippen molar-refractivity contribution in [2.75, 3.05) is 0 Å². The summed E-state index contributed by atoms with van der Waals surface area (Å²) in [7, 11) is 0. The number of hydrogen-bond donors (Lipinski definition) is 1. The third-order valence-electron chi connectivity index (χ3n) is 3.92. The molecule has 5 nitrogen and oxygen atoms in total. The summed E-state index contributed by atoms with van der Waals surface area (Å²) in [6.07, 6.45) is 3.93. The highest BCUT2D eigenvalue weighted by Gasteiger charge is 2.27. The molecule has 4 rings (SSSR count). The Bertz CT molecular complexity index is 1110. The Balaban J connectivity index is 1.68. The van der Waals surface area contributed by atoms with Gasteiger partial charge in [-0.25, -0.2) is 9.78 Å². The second kappa shape index (κ2) is 6.93. The van der Waals surface area contributed by atoms with Gasteiger partial charge in [0.25, 0.3) is 0 Å². The van der Waals surface area contributed by atoms with E-state index in [4.69, 9.17) is 4.52 Å². The van der Waals surface area contributed by atoms with Crippen LogP contribution < -0.4 is 10.3 Å². The van der Waals surface area contributed by atoms with E-state index < -0.39 is 5.63 Å². The fourth-order valence-electron chi connectivity index (χ4n) is 2.57. The van der Waals surface area contributed by atoms with E-state index in [-0.39, 0.29) is 0 Å². The lowest BCUT2D eigenvalue weighted by Gasteiger charge is -1.93. The van der Waals surface area contributed by atoms with Crippen LogP contribution in [0.5, 0.6) is 0 Å². The minimum atomic E-state index is -0.450. The lowest BCUT2D eigenvalue weighted by Crippen LogP contribution is -2.36. The predicted octanol–water partition coefficient (Wildman–Crippen LogP) is 3.85. The van der Waals surface area contributed by atoms with Crippen LogP contribution in [0.25, 0.3) is 29.2 Å². The molecule has 1 N–H and O–H groups in total. The zero-order valence-electron chi connectivity index (χ0n) is 14.0. The first-order valence-corrected chi connectivity index (χ1v) is 8.98. The standard InChI is InChI=1S/C20H15N3O2S/c1-14-7-10-16(11-8-14)23-19(20(24)25-22-23)17-13-26-18(21-17)12-9-15-5-3-2-4-6-15/h2-13H,1H3/p+1/b12-9+. The van der Waals surface area contributed by atoms with Crippen LogP contribution in [0.4, 0.5) is 0 Å². The Hall–Kier alpha value is -3.25. The number of aromatic amines is 1. The predicted molar refractivity (Wildman–Crippen MR) is 102 cm³/mol. The van der Waals surface area contributed by atoms with E-state index in [1.807, 2.05) is 79.1 Å². The van der Waals surface area contributed by atoms with Crippen LogP contribution >= 0.6 is 11.3 Å². The highest BCUT2D eigenvalue weighted by molar-refractivity contribution is 7.10. The molecule has 4 aromatic rings. The second-order valence-electron chi connectivity index (χ2n) is 5.82. The monoisotopic (exact) mass is 362 g/mol. The molecule has 2 aromatic carbocycles. The van der Waals surface area contributed by atoms with Crippen molar-refractivity contribution in [2.24, 2.45) is 0 Å². The first-order chi connectivity index (χ1) is 12.7. The second-order valence-corrected chi connectivity index (χ2v) is 6.71. The molecule has 128 valence electrons. The van der Waals surface area contributed by atoms with Gasteiger partial charge in [0.15, 0.2) is 5.69 Å². The number of thiazole rings is 1. The van der Waals surface area contributed by atoms with Gasteiger partial charge < -0.3 is 0 Å². The summed E-state index contributed by atoms with van der Waals surface area (Å²) in [5, 5.41) is 5.33. The summed E-state index contributed by atoms with van der Waals surface area (Å²) in [5.74, 6) is 0. The molecule has 0 spiro atoms. The fraction of sp³-hybridized carbons (Fsp3) is 0.0500. The maximum atomic E-state index is 12.2. The molecule has 26 heavy (non-hydrogen) atoms. The van der Waals surface area contributed by atoms with Gasteiger partial charge in [-0.15, -0.1) is 11.3 Å². The quantitative estimate of drug-likeness (QED) is 0.561. The van der Waals surface area contributed by atoms with Gasteiger partial charge in [-0.2, -0.15) is 0 Å². The van der Waals surface area contributed by atoms with E-state index in [1.165, 1.54) is 11.3 Å². The number of H-pyrrole nitrogens is 1. The van der Waals surface area contributed by atoms with Crippen LogP contribution in [0.15, 0.2) is 69.3 Å². The third kappa shape index (κ3) is 3.27. The molecule has 0 radical (unpaired) electrons. The maximum absolute atomic E-state index is 12.2. The molecule has 0 aliphatic rings. The maximum Gasteiger partial charge on any atom is 0.437 e. The Morgan fingerprint density at radius 2 is 1.85 bits per heavy atom. The highest BCUT2D eigenvalue weighted by Crippen LogP contribution is 2.19. The zero-order chi connectivity index (χ0) is 17.9. The number of aromatic nitrogens is 3. The normalized spacial score (nSPS) is 11.3. The van der Waals surface area contributed by atoms with Gasteiger partial charge >= 0.3 is 11.3 Å². The molecule has 2 aromatic heterocycles. The molecule has 0 fully saturated rings. The average Bonchev–Trinajstić information content (AvgIpc) is 3.28. The number of aryl methyl sites for hydroxylation is 1. The number of rotatable bonds is 4. The minimum Gasteiger partial charge on any atom is -0.282 e. The summed E-state index contributed by atoms with van der Waals surface area (Å²) in [6.45, 7) is 2.01. The van der Waals surface area contributed by atoms with Gasteiger partial charge in [-0.3, -0.25) is 4.52 Å². The highest BCUT2D eigenvalue weighted by atomic mass is 32.1. The van der Waals surface area contributed by atoms with E-state index >= 15 is 0 Å². The van der Waals surface area contributed by atoms with Gasteiger partial charge in [0.2, 0.25) is 5.69 Å². The molecular formula is C20H16N3O2S+. The lowest BCUT2D eigenvalue weighted by atomic mass is 10.2. The number of benzene rings is 2. The Morgan fingerprint density at radius 1 is 1.08 bits per heavy atom. The van der Waals surface area contributed by atoms with Crippen LogP contribution in [0.1, 0.15) is 16.1 Å². The van der Waals surface area contributed by atoms with Crippen molar-refractivity contribution in [2.45, 2.75) is 6.92 Å². The lowest BCUT2D eigenvalue weighted by molar-refractivity contribution is -0.660. The summed E-state index contributed by atoms with van der Waals surface area (Å²) in [6, 6.07) is 17.8. The van der Waals surface area contributed by atoms with Crippen molar-refractivity contribution in [3.05, 3.63) is 86.5 Å². The molecule has 0 bridgehead atoms. The Kier molecular flexibility index (Phi) is 4.33. The van der Waals surface area contributed by atoms with Gasteiger partial charge in [-0.05, 0) is 28.5 Å². The van der Waals surface area contributed by atoms with Crippen molar-refractivity contribution in [3.8, 4) is 17.1 Å². The summed E-state index contributed by atoms with van der Waals surface area (Å²) >= 11 is 1.48. The van der Waals surface area contributed by atoms with Crippen molar-refractivity contribution < 1.29 is 9.20 Å². The van der Waals surface area contributed by atoms with E-state index in [9.17, 15) is 4.79 Å². The van der Waals surface area contributed by atoms with Crippen LogP contribution in [-0.2, 0) is 0 Å². The first kappa shape index (κ1) is 16.2. The molecule has 0 unspecified atom stereocenters. The summed E-state index contributed by atoms with van der Waals surface area (Å²) in [5.41, 5.74) is 3.56. The molecule has 0 atom stereocenters. The van der Waals surface area contributed by atoms with Crippen molar-refractivity contribution in [3.63, 3.8) is 0 Å². The molecule has 0 saturated carbocycles. The van der Waals surface area contributed by atoms with Gasteiger partial charge in [0.05, 0.1) is 0 Å². The van der Waals surface area contributed by atoms with Crippen LogP contribution in [-0.4, -0.2) is 10.3 Å². The molecular weight excluding hydrogens is 346 g/mol. The van der Waals surface area contributed by atoms with E-state index in [1.54, 1.807) is 4.68 Å².